The molecule has 0 fully saturated rings. The number of Topliss-reactive ketones (excluding diaryl/α,β-unsaturated/α-hetero) is 1. The lowest BCUT2D eigenvalue weighted by Crippen LogP contribution is -2.13. The fraction of sp³-hybridized carbons (Fsp3) is 0.267. The van der Waals surface area contributed by atoms with Gasteiger partial charge in [-0.1, -0.05) is 12.1 Å². The molecule has 0 atom stereocenters. The predicted octanol–water partition coefficient (Wildman–Crippen LogP) is 3.44. The van der Waals surface area contributed by atoms with Crippen molar-refractivity contribution in [1.82, 2.24) is 4.57 Å². The zero-order valence-electron chi connectivity index (χ0n) is 10.2. The van der Waals surface area contributed by atoms with Crippen LogP contribution in [0.2, 0.25) is 0 Å². The molecule has 0 aliphatic heterocycles. The number of carbonyl (C=O) groups is 1. The van der Waals surface area contributed by atoms with Crippen molar-refractivity contribution in [1.29, 1.82) is 0 Å². The van der Waals surface area contributed by atoms with Crippen molar-refractivity contribution >= 4 is 5.78 Å². The zero-order chi connectivity index (χ0) is 12.7. The van der Waals surface area contributed by atoms with Gasteiger partial charge in [0.05, 0.1) is 5.69 Å². The van der Waals surface area contributed by atoms with Crippen LogP contribution in [0, 0.1) is 12.7 Å². The van der Waals surface area contributed by atoms with Crippen LogP contribution in [0.1, 0.15) is 34.5 Å². The number of hydrogen-bond acceptors (Lipinski definition) is 1. The third-order valence-electron chi connectivity index (χ3n) is 3.54. The van der Waals surface area contributed by atoms with Gasteiger partial charge < -0.3 is 4.57 Å². The van der Waals surface area contributed by atoms with Gasteiger partial charge in [-0.25, -0.2) is 4.39 Å². The summed E-state index contributed by atoms with van der Waals surface area (Å²) in [6.07, 6.45) is 4.10. The molecule has 1 aromatic carbocycles. The first-order valence-electron chi connectivity index (χ1n) is 6.17. The summed E-state index contributed by atoms with van der Waals surface area (Å²) >= 11 is 0. The molecule has 0 N–H and O–H groups in total. The Labute approximate surface area is 105 Å². The van der Waals surface area contributed by atoms with E-state index in [0.717, 1.165) is 29.7 Å². The van der Waals surface area contributed by atoms with Gasteiger partial charge >= 0.3 is 0 Å². The fourth-order valence-corrected chi connectivity index (χ4v) is 2.66. The van der Waals surface area contributed by atoms with Crippen molar-refractivity contribution in [2.75, 3.05) is 0 Å². The van der Waals surface area contributed by atoms with Crippen molar-refractivity contribution in [3.05, 3.63) is 53.1 Å². The average molecular weight is 243 g/mol. The molecule has 18 heavy (non-hydrogen) atoms. The van der Waals surface area contributed by atoms with Gasteiger partial charge in [-0.3, -0.25) is 4.79 Å². The number of nitrogens with zero attached hydrogens (tertiary/aromatic N) is 1. The second-order valence-corrected chi connectivity index (χ2v) is 4.73. The molecule has 0 saturated carbocycles. The zero-order valence-corrected chi connectivity index (χ0v) is 10.2. The third-order valence-corrected chi connectivity index (χ3v) is 3.54. The molecule has 2 nitrogen and oxygen atoms in total. The first-order valence-corrected chi connectivity index (χ1v) is 6.17. The topological polar surface area (TPSA) is 22.0 Å². The number of aryl methyl sites for hydroxylation is 1. The Balaban J connectivity index is 2.22. The molecule has 2 aromatic rings. The van der Waals surface area contributed by atoms with Crippen molar-refractivity contribution in [3.8, 4) is 5.69 Å². The molecule has 3 rings (SSSR count). The molecule has 0 saturated heterocycles. The number of ketones is 1. The molecule has 1 heterocycles. The molecule has 1 aliphatic carbocycles. The largest absolute Gasteiger partial charge is 0.317 e. The summed E-state index contributed by atoms with van der Waals surface area (Å²) in [5.74, 6) is -0.0737. The van der Waals surface area contributed by atoms with E-state index in [1.165, 1.54) is 6.07 Å². The number of rotatable bonds is 1. The molecule has 0 spiro atoms. The second kappa shape index (κ2) is 4.09. The van der Waals surface area contributed by atoms with Crippen LogP contribution >= 0.6 is 0 Å². The molecular formula is C15H14FNO. The lowest BCUT2D eigenvalue weighted by Gasteiger charge is -2.16. The molecular weight excluding hydrogens is 229 g/mol. The van der Waals surface area contributed by atoms with Crippen LogP contribution < -0.4 is 0 Å². The Kier molecular flexibility index (Phi) is 2.54. The van der Waals surface area contributed by atoms with E-state index in [-0.39, 0.29) is 11.6 Å². The standard InChI is InChI=1S/C15H14FNO/c1-10-4-2-5-12(16)15(10)17-9-8-11-13(17)6-3-7-14(11)18/h2,4-5,8-9H,3,6-7H2,1H3. The van der Waals surface area contributed by atoms with Crippen molar-refractivity contribution in [2.45, 2.75) is 26.2 Å². The van der Waals surface area contributed by atoms with Gasteiger partial charge in [0.25, 0.3) is 0 Å². The second-order valence-electron chi connectivity index (χ2n) is 4.73. The molecule has 0 radical (unpaired) electrons. The van der Waals surface area contributed by atoms with Crippen LogP contribution in [-0.4, -0.2) is 10.4 Å². The fourth-order valence-electron chi connectivity index (χ4n) is 2.66. The Morgan fingerprint density at radius 3 is 2.83 bits per heavy atom. The maximum atomic E-state index is 14.0. The number of carbonyl (C=O) groups excluding carboxylic acids is 1. The van der Waals surface area contributed by atoms with Gasteiger partial charge in [0.2, 0.25) is 0 Å². The summed E-state index contributed by atoms with van der Waals surface area (Å²) in [7, 11) is 0. The number of aromatic nitrogens is 1. The van der Waals surface area contributed by atoms with E-state index in [2.05, 4.69) is 0 Å². The lowest BCUT2D eigenvalue weighted by atomic mass is 9.96. The van der Waals surface area contributed by atoms with Crippen LogP contribution in [0.15, 0.2) is 30.5 Å². The van der Waals surface area contributed by atoms with Crippen molar-refractivity contribution in [2.24, 2.45) is 0 Å². The van der Waals surface area contributed by atoms with Gasteiger partial charge in [0, 0.05) is 23.9 Å². The van der Waals surface area contributed by atoms with Crippen LogP contribution in [-0.2, 0) is 6.42 Å². The molecule has 0 unspecified atom stereocenters. The summed E-state index contributed by atoms with van der Waals surface area (Å²) in [5.41, 5.74) is 3.14. The van der Waals surface area contributed by atoms with E-state index in [9.17, 15) is 9.18 Å². The Morgan fingerprint density at radius 1 is 1.22 bits per heavy atom. The van der Waals surface area contributed by atoms with E-state index >= 15 is 0 Å². The summed E-state index contributed by atoms with van der Waals surface area (Å²) in [4.78, 5) is 11.8. The van der Waals surface area contributed by atoms with Crippen LogP contribution in [0.4, 0.5) is 4.39 Å². The minimum atomic E-state index is -0.244. The highest BCUT2D eigenvalue weighted by atomic mass is 19.1. The summed E-state index contributed by atoms with van der Waals surface area (Å²) in [6, 6.07) is 6.85. The number of halogens is 1. The smallest absolute Gasteiger partial charge is 0.164 e. The van der Waals surface area contributed by atoms with E-state index in [1.807, 2.05) is 23.6 Å². The highest BCUT2D eigenvalue weighted by Crippen LogP contribution is 2.27. The average Bonchev–Trinajstić information content (AvgIpc) is 2.75. The summed E-state index contributed by atoms with van der Waals surface area (Å²) < 4.78 is 15.8. The quantitative estimate of drug-likeness (QED) is 0.752. The number of benzene rings is 1. The van der Waals surface area contributed by atoms with Gasteiger partial charge in [-0.15, -0.1) is 0 Å². The Hall–Kier alpha value is -1.90. The monoisotopic (exact) mass is 243 g/mol. The van der Waals surface area contributed by atoms with Gasteiger partial charge in [-0.2, -0.15) is 0 Å². The summed E-state index contributed by atoms with van der Waals surface area (Å²) in [6.45, 7) is 1.88. The lowest BCUT2D eigenvalue weighted by molar-refractivity contribution is 0.0972. The number of hydrogen-bond donors (Lipinski definition) is 0. The van der Waals surface area contributed by atoms with E-state index < -0.39 is 0 Å². The number of fused-ring (bicyclic) bond motifs is 1. The molecule has 0 bridgehead atoms. The van der Waals surface area contributed by atoms with Crippen LogP contribution in [0.25, 0.3) is 5.69 Å². The Bertz CT molecular complexity index is 607. The first-order chi connectivity index (χ1) is 8.68. The molecule has 92 valence electrons. The maximum Gasteiger partial charge on any atom is 0.164 e. The molecule has 0 amide bonds. The SMILES string of the molecule is Cc1cccc(F)c1-n1ccc2c1CCCC2=O. The summed E-state index contributed by atoms with van der Waals surface area (Å²) in [5, 5.41) is 0. The minimum Gasteiger partial charge on any atom is -0.317 e. The van der Waals surface area contributed by atoms with Crippen LogP contribution in [0.3, 0.4) is 0 Å². The highest BCUT2D eigenvalue weighted by molar-refractivity contribution is 5.98. The van der Waals surface area contributed by atoms with Gasteiger partial charge in [0.1, 0.15) is 5.82 Å². The third kappa shape index (κ3) is 1.58. The van der Waals surface area contributed by atoms with Crippen LogP contribution in [0.5, 0.6) is 0 Å². The molecule has 3 heteroatoms. The molecule has 1 aromatic heterocycles. The minimum absolute atomic E-state index is 0.170. The Morgan fingerprint density at radius 2 is 2.06 bits per heavy atom. The first kappa shape index (κ1) is 11.2. The van der Waals surface area contributed by atoms with E-state index in [0.29, 0.717) is 12.1 Å². The van der Waals surface area contributed by atoms with Crippen molar-refractivity contribution < 1.29 is 9.18 Å². The van der Waals surface area contributed by atoms with Gasteiger partial charge in [-0.05, 0) is 37.5 Å². The van der Waals surface area contributed by atoms with Gasteiger partial charge in [0.15, 0.2) is 5.78 Å². The predicted molar refractivity (Wildman–Crippen MR) is 67.7 cm³/mol. The number of para-hydroxylation sites is 1. The normalized spacial score (nSPS) is 14.7. The van der Waals surface area contributed by atoms with Crippen molar-refractivity contribution in [3.63, 3.8) is 0 Å². The maximum absolute atomic E-state index is 14.0. The van der Waals surface area contributed by atoms with E-state index in [4.69, 9.17) is 0 Å². The van der Waals surface area contributed by atoms with E-state index in [1.54, 1.807) is 12.3 Å². The molecule has 1 aliphatic rings. The highest BCUT2D eigenvalue weighted by Gasteiger charge is 2.22.